The van der Waals surface area contributed by atoms with Gasteiger partial charge in [-0.1, -0.05) is 136 Å². The average molecular weight is 617 g/mol. The van der Waals surface area contributed by atoms with E-state index in [1.54, 1.807) is 0 Å². The number of hydrogen-bond donors (Lipinski definition) is 0. The molecular formula is C46H36N2. The van der Waals surface area contributed by atoms with Gasteiger partial charge in [-0.05, 0) is 87.5 Å². The average Bonchev–Trinajstić information content (AvgIpc) is 3.59. The molecular weight excluding hydrogens is 581 g/mol. The van der Waals surface area contributed by atoms with Crippen molar-refractivity contribution in [2.75, 3.05) is 4.90 Å². The lowest BCUT2D eigenvalue weighted by molar-refractivity contribution is 0.660. The van der Waals surface area contributed by atoms with Gasteiger partial charge in [0.25, 0.3) is 0 Å². The van der Waals surface area contributed by atoms with E-state index >= 15 is 0 Å². The molecule has 7 aromatic rings. The van der Waals surface area contributed by atoms with Crippen LogP contribution in [0, 0.1) is 0 Å². The molecule has 0 saturated carbocycles. The fourth-order valence-electron chi connectivity index (χ4n) is 8.06. The van der Waals surface area contributed by atoms with Gasteiger partial charge in [0.15, 0.2) is 0 Å². The summed E-state index contributed by atoms with van der Waals surface area (Å²) in [7, 11) is 0. The van der Waals surface area contributed by atoms with Crippen molar-refractivity contribution in [2.45, 2.75) is 25.3 Å². The summed E-state index contributed by atoms with van der Waals surface area (Å²) >= 11 is 0. The Labute approximate surface area is 282 Å². The minimum absolute atomic E-state index is 0.0833. The van der Waals surface area contributed by atoms with Gasteiger partial charge < -0.3 is 9.47 Å². The Kier molecular flexibility index (Phi) is 6.42. The lowest BCUT2D eigenvalue weighted by Gasteiger charge is -2.36. The number of nitrogens with zero attached hydrogens (tertiary/aromatic N) is 2. The molecule has 2 aliphatic rings. The SMILES string of the molecule is C=C1c2c(n(-c3ccccc3)c3ccccc23)C=CC1N(c1ccc(-c2ccccc2)cc1)c1ccc2c(c1)C(C)(C)c1ccccc1-2. The van der Waals surface area contributed by atoms with E-state index in [1.165, 1.54) is 55.5 Å². The molecule has 1 heterocycles. The van der Waals surface area contributed by atoms with Gasteiger partial charge in [-0.2, -0.15) is 0 Å². The highest BCUT2D eigenvalue weighted by Gasteiger charge is 2.37. The highest BCUT2D eigenvalue weighted by atomic mass is 15.2. The minimum atomic E-state index is -0.0968. The Bertz CT molecular complexity index is 2370. The summed E-state index contributed by atoms with van der Waals surface area (Å²) in [6, 6.07) is 54.8. The van der Waals surface area contributed by atoms with Crippen LogP contribution in [0.3, 0.4) is 0 Å². The molecule has 0 spiro atoms. The highest BCUT2D eigenvalue weighted by molar-refractivity contribution is 6.02. The van der Waals surface area contributed by atoms with E-state index in [1.807, 2.05) is 0 Å². The van der Waals surface area contributed by atoms with E-state index in [0.717, 1.165) is 22.6 Å². The summed E-state index contributed by atoms with van der Waals surface area (Å²) in [4.78, 5) is 2.48. The summed E-state index contributed by atoms with van der Waals surface area (Å²) in [5, 5.41) is 1.22. The van der Waals surface area contributed by atoms with Crippen LogP contribution in [0.1, 0.15) is 36.2 Å². The van der Waals surface area contributed by atoms with Crippen LogP contribution in [0.15, 0.2) is 164 Å². The van der Waals surface area contributed by atoms with E-state index in [2.05, 4.69) is 187 Å². The summed E-state index contributed by atoms with van der Waals surface area (Å²) in [5.74, 6) is 0. The molecule has 0 saturated heterocycles. The van der Waals surface area contributed by atoms with Gasteiger partial charge in [0, 0.05) is 33.4 Å². The van der Waals surface area contributed by atoms with E-state index in [4.69, 9.17) is 6.58 Å². The third-order valence-corrected chi connectivity index (χ3v) is 10.4. The molecule has 1 aromatic heterocycles. The number of fused-ring (bicyclic) bond motifs is 6. The van der Waals surface area contributed by atoms with Crippen LogP contribution in [0.4, 0.5) is 11.4 Å². The first-order valence-corrected chi connectivity index (χ1v) is 16.8. The number of benzene rings is 6. The predicted molar refractivity (Wildman–Crippen MR) is 203 cm³/mol. The zero-order chi connectivity index (χ0) is 32.4. The quantitative estimate of drug-likeness (QED) is 0.187. The second-order valence-electron chi connectivity index (χ2n) is 13.5. The number of anilines is 2. The van der Waals surface area contributed by atoms with Gasteiger partial charge >= 0.3 is 0 Å². The van der Waals surface area contributed by atoms with Gasteiger partial charge in [-0.15, -0.1) is 0 Å². The Balaban J connectivity index is 1.21. The zero-order valence-corrected chi connectivity index (χ0v) is 27.3. The van der Waals surface area contributed by atoms with Crippen LogP contribution in [0.25, 0.3) is 50.5 Å². The molecule has 0 fully saturated rings. The minimum Gasteiger partial charge on any atom is -0.330 e. The Hall–Kier alpha value is -5.86. The fourth-order valence-corrected chi connectivity index (χ4v) is 8.06. The lowest BCUT2D eigenvalue weighted by Crippen LogP contribution is -2.32. The highest BCUT2D eigenvalue weighted by Crippen LogP contribution is 2.51. The molecule has 48 heavy (non-hydrogen) atoms. The molecule has 0 N–H and O–H groups in total. The Morgan fingerprint density at radius 1 is 0.604 bits per heavy atom. The van der Waals surface area contributed by atoms with Crippen LogP contribution in [-0.4, -0.2) is 10.6 Å². The second kappa shape index (κ2) is 10.9. The van der Waals surface area contributed by atoms with Crippen LogP contribution in [-0.2, 0) is 5.41 Å². The maximum Gasteiger partial charge on any atom is 0.0780 e. The molecule has 1 atom stereocenters. The normalized spacial score (nSPS) is 15.6. The van der Waals surface area contributed by atoms with Crippen molar-refractivity contribution >= 4 is 33.9 Å². The third kappa shape index (κ3) is 4.26. The first-order chi connectivity index (χ1) is 23.5. The van der Waals surface area contributed by atoms with E-state index in [0.29, 0.717) is 0 Å². The van der Waals surface area contributed by atoms with Gasteiger partial charge in [0.1, 0.15) is 0 Å². The first kappa shape index (κ1) is 28.4. The molecule has 230 valence electrons. The first-order valence-electron chi connectivity index (χ1n) is 16.8. The van der Waals surface area contributed by atoms with Crippen molar-refractivity contribution in [1.82, 2.24) is 4.57 Å². The van der Waals surface area contributed by atoms with Crippen LogP contribution < -0.4 is 4.90 Å². The number of para-hydroxylation sites is 2. The molecule has 2 aliphatic carbocycles. The molecule has 0 amide bonds. The molecule has 1 unspecified atom stereocenters. The number of rotatable bonds is 5. The van der Waals surface area contributed by atoms with Crippen LogP contribution in [0.5, 0.6) is 0 Å². The Morgan fingerprint density at radius 2 is 1.23 bits per heavy atom. The number of aromatic nitrogens is 1. The maximum absolute atomic E-state index is 4.86. The summed E-state index contributed by atoms with van der Waals surface area (Å²) in [5.41, 5.74) is 15.8. The van der Waals surface area contributed by atoms with Gasteiger partial charge in [-0.25, -0.2) is 0 Å². The van der Waals surface area contributed by atoms with E-state index in [9.17, 15) is 0 Å². The smallest absolute Gasteiger partial charge is 0.0780 e. The molecule has 2 heteroatoms. The summed E-state index contributed by atoms with van der Waals surface area (Å²) in [6.45, 7) is 9.56. The van der Waals surface area contributed by atoms with Crippen molar-refractivity contribution in [3.8, 4) is 27.9 Å². The maximum atomic E-state index is 4.86. The molecule has 9 rings (SSSR count). The zero-order valence-electron chi connectivity index (χ0n) is 27.3. The van der Waals surface area contributed by atoms with Crippen molar-refractivity contribution in [1.29, 1.82) is 0 Å². The van der Waals surface area contributed by atoms with Gasteiger partial charge in [-0.3, -0.25) is 0 Å². The molecule has 2 nitrogen and oxygen atoms in total. The van der Waals surface area contributed by atoms with E-state index in [-0.39, 0.29) is 11.5 Å². The van der Waals surface area contributed by atoms with Crippen molar-refractivity contribution in [3.05, 3.63) is 187 Å². The second-order valence-corrected chi connectivity index (χ2v) is 13.5. The largest absolute Gasteiger partial charge is 0.330 e. The molecule has 6 aromatic carbocycles. The predicted octanol–water partition coefficient (Wildman–Crippen LogP) is 11.9. The molecule has 0 radical (unpaired) electrons. The third-order valence-electron chi connectivity index (χ3n) is 10.4. The van der Waals surface area contributed by atoms with Gasteiger partial charge in [0.05, 0.1) is 17.3 Å². The van der Waals surface area contributed by atoms with Crippen molar-refractivity contribution < 1.29 is 0 Å². The monoisotopic (exact) mass is 616 g/mol. The Morgan fingerprint density at radius 3 is 2.02 bits per heavy atom. The number of hydrogen-bond acceptors (Lipinski definition) is 1. The van der Waals surface area contributed by atoms with Crippen molar-refractivity contribution in [3.63, 3.8) is 0 Å². The van der Waals surface area contributed by atoms with Crippen molar-refractivity contribution in [2.24, 2.45) is 0 Å². The van der Waals surface area contributed by atoms with E-state index < -0.39 is 0 Å². The van der Waals surface area contributed by atoms with Crippen LogP contribution in [0.2, 0.25) is 0 Å². The standard InChI is InChI=1S/C46H36N2/c1-31-42(28-29-44-45(31)39-19-11-13-21-43(39)48(44)34-16-8-5-9-17-34)47(35-24-22-33(23-25-35)32-14-6-4-7-15-32)36-26-27-38-37-18-10-12-20-40(37)46(2,3)41(38)30-36/h4-30,42H,1H2,2-3H3. The molecule has 0 aliphatic heterocycles. The fraction of sp³-hybridized carbons (Fsp3) is 0.0870. The summed E-state index contributed by atoms with van der Waals surface area (Å²) < 4.78 is 2.37. The molecule has 0 bridgehead atoms. The lowest BCUT2D eigenvalue weighted by atomic mass is 9.82. The van der Waals surface area contributed by atoms with Gasteiger partial charge in [0.2, 0.25) is 0 Å². The summed E-state index contributed by atoms with van der Waals surface area (Å²) in [6.07, 6.45) is 4.64. The topological polar surface area (TPSA) is 8.17 Å². The van der Waals surface area contributed by atoms with Crippen LogP contribution >= 0.6 is 0 Å².